The van der Waals surface area contributed by atoms with Gasteiger partial charge in [0.15, 0.2) is 5.67 Å². The van der Waals surface area contributed by atoms with Crippen LogP contribution in [0, 0.1) is 0 Å². The molecule has 80 valence electrons. The van der Waals surface area contributed by atoms with Crippen LogP contribution in [-0.2, 0) is 12.2 Å². The van der Waals surface area contributed by atoms with Crippen LogP contribution in [0.5, 0.6) is 0 Å². The van der Waals surface area contributed by atoms with Crippen LogP contribution in [0.2, 0.25) is 0 Å². The number of hydrogen-bond acceptors (Lipinski definition) is 2. The quantitative estimate of drug-likeness (QED) is 0.906. The summed E-state index contributed by atoms with van der Waals surface area (Å²) in [6.07, 6.45) is 2.53. The first-order valence-electron chi connectivity index (χ1n) is 4.63. The second kappa shape index (κ2) is 4.40. The summed E-state index contributed by atoms with van der Waals surface area (Å²) in [6, 6.07) is 0. The minimum absolute atomic E-state index is 0.0407. The molecule has 0 fully saturated rings. The molecule has 0 bridgehead atoms. The van der Waals surface area contributed by atoms with Crippen molar-refractivity contribution >= 4 is 15.9 Å². The molecule has 0 aliphatic heterocycles. The zero-order valence-electron chi connectivity index (χ0n) is 8.43. The summed E-state index contributed by atoms with van der Waals surface area (Å²) in [5.41, 5.74) is 4.40. The van der Waals surface area contributed by atoms with Crippen molar-refractivity contribution in [3.63, 3.8) is 0 Å². The smallest absolute Gasteiger partial charge is 0.162 e. The second-order valence-corrected chi connectivity index (χ2v) is 4.32. The van der Waals surface area contributed by atoms with Gasteiger partial charge in [0.05, 0.1) is 16.4 Å². The van der Waals surface area contributed by atoms with E-state index in [1.165, 1.54) is 6.92 Å². The van der Waals surface area contributed by atoms with E-state index < -0.39 is 5.67 Å². The molecule has 3 nitrogen and oxygen atoms in total. The molecule has 14 heavy (non-hydrogen) atoms. The number of aryl methyl sites for hydroxylation is 1. The maximum absolute atomic E-state index is 14.0. The number of aromatic nitrogens is 2. The summed E-state index contributed by atoms with van der Waals surface area (Å²) < 4.78 is 16.4. The molecule has 5 heteroatoms. The Labute approximate surface area is 91.6 Å². The zero-order valence-corrected chi connectivity index (χ0v) is 10.0. The molecule has 0 aromatic carbocycles. The number of halogens is 2. The van der Waals surface area contributed by atoms with E-state index in [4.69, 9.17) is 5.73 Å². The van der Waals surface area contributed by atoms with Crippen LogP contribution in [0.15, 0.2) is 10.7 Å². The lowest BCUT2D eigenvalue weighted by Gasteiger charge is -2.20. The highest BCUT2D eigenvalue weighted by Gasteiger charge is 2.30. The molecule has 1 heterocycles. The van der Waals surface area contributed by atoms with E-state index in [2.05, 4.69) is 21.0 Å². The molecule has 0 aliphatic carbocycles. The Kier molecular flexibility index (Phi) is 3.66. The summed E-state index contributed by atoms with van der Waals surface area (Å²) >= 11 is 3.28. The Hall–Kier alpha value is -0.420. The predicted octanol–water partition coefficient (Wildman–Crippen LogP) is 2.20. The fourth-order valence-electron chi connectivity index (χ4n) is 1.36. The molecule has 1 aromatic heterocycles. The van der Waals surface area contributed by atoms with E-state index in [1.807, 2.05) is 6.92 Å². The fraction of sp³-hybridized carbons (Fsp3) is 0.667. The highest BCUT2D eigenvalue weighted by Crippen LogP contribution is 2.30. The third kappa shape index (κ3) is 2.15. The lowest BCUT2D eigenvalue weighted by atomic mass is 10.1. The molecule has 0 radical (unpaired) electrons. The largest absolute Gasteiger partial charge is 0.327 e. The maximum atomic E-state index is 14.0. The van der Waals surface area contributed by atoms with Crippen LogP contribution in [0.1, 0.15) is 26.0 Å². The molecule has 1 rings (SSSR count). The Morgan fingerprint density at radius 2 is 2.36 bits per heavy atom. The summed E-state index contributed by atoms with van der Waals surface area (Å²) in [7, 11) is 0. The van der Waals surface area contributed by atoms with Crippen LogP contribution >= 0.6 is 15.9 Å². The third-order valence-electron chi connectivity index (χ3n) is 2.11. The first kappa shape index (κ1) is 11.7. The zero-order chi connectivity index (χ0) is 10.8. The highest BCUT2D eigenvalue weighted by atomic mass is 79.9. The van der Waals surface area contributed by atoms with Crippen LogP contribution in [0.4, 0.5) is 4.39 Å². The minimum atomic E-state index is -1.52. The summed E-state index contributed by atoms with van der Waals surface area (Å²) in [6.45, 7) is 4.17. The van der Waals surface area contributed by atoms with Gasteiger partial charge in [0.25, 0.3) is 0 Å². The van der Waals surface area contributed by atoms with Crippen molar-refractivity contribution in [1.82, 2.24) is 9.78 Å². The minimum Gasteiger partial charge on any atom is -0.327 e. The molecule has 0 aliphatic rings. The lowest BCUT2D eigenvalue weighted by molar-refractivity contribution is 0.185. The van der Waals surface area contributed by atoms with Crippen molar-refractivity contribution in [2.24, 2.45) is 5.73 Å². The third-order valence-corrected chi connectivity index (χ3v) is 2.69. The van der Waals surface area contributed by atoms with Gasteiger partial charge < -0.3 is 5.73 Å². The summed E-state index contributed by atoms with van der Waals surface area (Å²) in [5, 5.41) is 4.09. The Balaban J connectivity index is 3.10. The van der Waals surface area contributed by atoms with Gasteiger partial charge in [-0.2, -0.15) is 5.10 Å². The van der Waals surface area contributed by atoms with Gasteiger partial charge in [-0.3, -0.25) is 4.68 Å². The van der Waals surface area contributed by atoms with Gasteiger partial charge in [-0.1, -0.05) is 6.92 Å². The molecular weight excluding hydrogens is 249 g/mol. The number of alkyl halides is 1. The monoisotopic (exact) mass is 263 g/mol. The maximum Gasteiger partial charge on any atom is 0.162 e. The van der Waals surface area contributed by atoms with Crippen molar-refractivity contribution < 1.29 is 4.39 Å². The number of nitrogens with two attached hydrogens (primary N) is 1. The van der Waals surface area contributed by atoms with Crippen LogP contribution in [-0.4, -0.2) is 16.3 Å². The fourth-order valence-corrected chi connectivity index (χ4v) is 2.07. The van der Waals surface area contributed by atoms with E-state index in [9.17, 15) is 4.39 Å². The molecule has 1 atom stereocenters. The molecule has 0 saturated heterocycles. The molecular formula is C9H15BrFN3. The highest BCUT2D eigenvalue weighted by molar-refractivity contribution is 9.10. The Morgan fingerprint density at radius 1 is 1.71 bits per heavy atom. The number of nitrogens with zero attached hydrogens (tertiary/aromatic N) is 2. The average Bonchev–Trinajstić information content (AvgIpc) is 2.48. The van der Waals surface area contributed by atoms with Crippen molar-refractivity contribution in [1.29, 1.82) is 0 Å². The van der Waals surface area contributed by atoms with E-state index >= 15 is 0 Å². The summed E-state index contributed by atoms with van der Waals surface area (Å²) in [4.78, 5) is 0. The predicted molar refractivity (Wildman–Crippen MR) is 57.7 cm³/mol. The van der Waals surface area contributed by atoms with Crippen LogP contribution in [0.25, 0.3) is 0 Å². The van der Waals surface area contributed by atoms with E-state index in [0.29, 0.717) is 16.7 Å². The topological polar surface area (TPSA) is 43.8 Å². The van der Waals surface area contributed by atoms with Gasteiger partial charge in [-0.05, 0) is 29.3 Å². The summed E-state index contributed by atoms with van der Waals surface area (Å²) in [5.74, 6) is 0. The van der Waals surface area contributed by atoms with E-state index in [0.717, 1.165) is 6.42 Å². The molecule has 0 spiro atoms. The van der Waals surface area contributed by atoms with Crippen molar-refractivity contribution in [3.8, 4) is 0 Å². The first-order chi connectivity index (χ1) is 6.53. The van der Waals surface area contributed by atoms with Crippen LogP contribution < -0.4 is 5.73 Å². The van der Waals surface area contributed by atoms with E-state index in [-0.39, 0.29) is 6.54 Å². The van der Waals surface area contributed by atoms with Crippen LogP contribution in [0.3, 0.4) is 0 Å². The molecule has 2 N–H and O–H groups in total. The molecule has 1 unspecified atom stereocenters. The number of rotatable bonds is 4. The Morgan fingerprint density at radius 3 is 2.86 bits per heavy atom. The standard InChI is InChI=1S/C9H15BrFN3/c1-3-4-14-8(7(10)5-13-14)9(2,11)6-12/h5H,3-4,6,12H2,1-2H3. The van der Waals surface area contributed by atoms with Crippen molar-refractivity contribution in [2.45, 2.75) is 32.5 Å². The van der Waals surface area contributed by atoms with Gasteiger partial charge in [-0.15, -0.1) is 0 Å². The molecule has 0 amide bonds. The van der Waals surface area contributed by atoms with Gasteiger partial charge in [-0.25, -0.2) is 4.39 Å². The van der Waals surface area contributed by atoms with Gasteiger partial charge in [0, 0.05) is 13.1 Å². The molecule has 0 saturated carbocycles. The molecule has 1 aromatic rings. The van der Waals surface area contributed by atoms with Gasteiger partial charge in [0.2, 0.25) is 0 Å². The normalized spacial score (nSPS) is 15.5. The van der Waals surface area contributed by atoms with E-state index in [1.54, 1.807) is 10.9 Å². The van der Waals surface area contributed by atoms with Crippen molar-refractivity contribution in [2.75, 3.05) is 6.54 Å². The second-order valence-electron chi connectivity index (χ2n) is 3.47. The average molecular weight is 264 g/mol. The van der Waals surface area contributed by atoms with Crippen molar-refractivity contribution in [3.05, 3.63) is 16.4 Å². The lowest BCUT2D eigenvalue weighted by Crippen LogP contribution is -2.30. The van der Waals surface area contributed by atoms with Gasteiger partial charge >= 0.3 is 0 Å². The number of hydrogen-bond donors (Lipinski definition) is 1. The first-order valence-corrected chi connectivity index (χ1v) is 5.43. The van der Waals surface area contributed by atoms with Gasteiger partial charge in [0.1, 0.15) is 0 Å². The SMILES string of the molecule is CCCn1ncc(Br)c1C(C)(F)CN. The Bertz CT molecular complexity index is 309.